The number of pyridine rings is 1. The predicted octanol–water partition coefficient (Wildman–Crippen LogP) is 2.69. The Morgan fingerprint density at radius 3 is 2.82 bits per heavy atom. The van der Waals surface area contributed by atoms with Gasteiger partial charge in [0.1, 0.15) is 0 Å². The highest BCUT2D eigenvalue weighted by Gasteiger charge is 2.09. The van der Waals surface area contributed by atoms with Crippen LogP contribution in [0.1, 0.15) is 5.56 Å². The first-order chi connectivity index (χ1) is 13.5. The molecule has 8 nitrogen and oxygen atoms in total. The van der Waals surface area contributed by atoms with Crippen molar-refractivity contribution in [3.8, 4) is 0 Å². The van der Waals surface area contributed by atoms with Crippen molar-refractivity contribution < 1.29 is 9.72 Å². The Hall–Kier alpha value is -3.46. The molecule has 1 amide bonds. The van der Waals surface area contributed by atoms with Crippen LogP contribution in [-0.2, 0) is 11.8 Å². The van der Waals surface area contributed by atoms with Crippen molar-refractivity contribution in [2.75, 3.05) is 5.75 Å². The number of hydrogen-bond donors (Lipinski definition) is 1. The van der Waals surface area contributed by atoms with E-state index in [9.17, 15) is 19.7 Å². The number of nitrogens with zero attached hydrogens (tertiary/aromatic N) is 3. The maximum atomic E-state index is 12.1. The maximum Gasteiger partial charge on any atom is 0.270 e. The number of fused-ring (bicyclic) bond motifs is 1. The summed E-state index contributed by atoms with van der Waals surface area (Å²) in [6.45, 7) is 0. The highest BCUT2D eigenvalue weighted by molar-refractivity contribution is 8.00. The first kappa shape index (κ1) is 19.3. The molecule has 0 aliphatic carbocycles. The summed E-state index contributed by atoms with van der Waals surface area (Å²) in [7, 11) is 1.70. The van der Waals surface area contributed by atoms with E-state index in [-0.39, 0.29) is 22.9 Å². The Morgan fingerprint density at radius 1 is 1.25 bits per heavy atom. The zero-order valence-corrected chi connectivity index (χ0v) is 15.7. The fourth-order valence-corrected chi connectivity index (χ4v) is 3.44. The van der Waals surface area contributed by atoms with Gasteiger partial charge in [-0.25, -0.2) is 5.43 Å². The Morgan fingerprint density at radius 2 is 2.04 bits per heavy atom. The number of nitro groups is 1. The standard InChI is InChI=1S/C19H16N4O4S/c1-22-16-8-3-2-7-15(16)17(10-19(22)25)28-12-18(24)21-20-11-13-5-4-6-14(9-13)23(26)27/h2-11H,12H2,1H3,(H,21,24)/b20-11+. The number of carbonyl (C=O) groups excluding carboxylic acids is 1. The van der Waals surface area contributed by atoms with Crippen LogP contribution in [0.15, 0.2) is 69.4 Å². The molecule has 1 heterocycles. The normalized spacial score (nSPS) is 11.0. The minimum atomic E-state index is -0.499. The Kier molecular flexibility index (Phi) is 5.85. The van der Waals surface area contributed by atoms with Gasteiger partial charge in [-0.2, -0.15) is 5.10 Å². The molecule has 142 valence electrons. The summed E-state index contributed by atoms with van der Waals surface area (Å²) in [5, 5.41) is 15.5. The summed E-state index contributed by atoms with van der Waals surface area (Å²) >= 11 is 1.24. The minimum Gasteiger partial charge on any atom is -0.311 e. The Labute approximate surface area is 164 Å². The molecule has 0 spiro atoms. The van der Waals surface area contributed by atoms with Crippen molar-refractivity contribution >= 4 is 40.5 Å². The van der Waals surface area contributed by atoms with E-state index in [2.05, 4.69) is 10.5 Å². The highest BCUT2D eigenvalue weighted by atomic mass is 32.2. The molecule has 0 atom stereocenters. The van der Waals surface area contributed by atoms with Crippen LogP contribution in [0.5, 0.6) is 0 Å². The topological polar surface area (TPSA) is 107 Å². The average Bonchev–Trinajstić information content (AvgIpc) is 2.70. The number of hydrazone groups is 1. The van der Waals surface area contributed by atoms with Crippen molar-refractivity contribution in [1.29, 1.82) is 0 Å². The first-order valence-corrected chi connectivity index (χ1v) is 9.22. The molecular weight excluding hydrogens is 380 g/mol. The van der Waals surface area contributed by atoms with E-state index in [4.69, 9.17) is 0 Å². The number of aromatic nitrogens is 1. The molecule has 0 bridgehead atoms. The number of carbonyl (C=O) groups is 1. The molecule has 28 heavy (non-hydrogen) atoms. The van der Waals surface area contributed by atoms with E-state index in [0.29, 0.717) is 5.56 Å². The molecule has 0 radical (unpaired) electrons. The van der Waals surface area contributed by atoms with Crippen LogP contribution in [0.25, 0.3) is 10.9 Å². The second-order valence-electron chi connectivity index (χ2n) is 5.86. The zero-order chi connectivity index (χ0) is 20.1. The second-order valence-corrected chi connectivity index (χ2v) is 6.87. The number of para-hydroxylation sites is 1. The number of nitro benzene ring substituents is 1. The number of benzene rings is 2. The van der Waals surface area contributed by atoms with Gasteiger partial charge in [-0.1, -0.05) is 30.3 Å². The van der Waals surface area contributed by atoms with E-state index >= 15 is 0 Å². The van der Waals surface area contributed by atoms with E-state index in [0.717, 1.165) is 15.8 Å². The van der Waals surface area contributed by atoms with Gasteiger partial charge in [0.05, 0.1) is 22.4 Å². The molecule has 3 aromatic rings. The third kappa shape index (κ3) is 4.44. The SMILES string of the molecule is Cn1c(=O)cc(SCC(=O)N/N=C/c2cccc([N+](=O)[O-])c2)c2ccccc21. The van der Waals surface area contributed by atoms with Gasteiger partial charge in [0.2, 0.25) is 5.91 Å². The molecule has 0 saturated carbocycles. The lowest BCUT2D eigenvalue weighted by molar-refractivity contribution is -0.384. The first-order valence-electron chi connectivity index (χ1n) is 8.23. The molecule has 9 heteroatoms. The van der Waals surface area contributed by atoms with Crippen molar-refractivity contribution in [3.63, 3.8) is 0 Å². The second kappa shape index (κ2) is 8.49. The molecule has 0 saturated heterocycles. The van der Waals surface area contributed by atoms with E-state index in [1.54, 1.807) is 17.7 Å². The van der Waals surface area contributed by atoms with Gasteiger partial charge in [0.15, 0.2) is 0 Å². The molecular formula is C19H16N4O4S. The van der Waals surface area contributed by atoms with Gasteiger partial charge < -0.3 is 4.57 Å². The van der Waals surface area contributed by atoms with Gasteiger partial charge in [0, 0.05) is 41.1 Å². The predicted molar refractivity (Wildman–Crippen MR) is 109 cm³/mol. The molecule has 1 aromatic heterocycles. The van der Waals surface area contributed by atoms with E-state index < -0.39 is 4.92 Å². The summed E-state index contributed by atoms with van der Waals surface area (Å²) < 4.78 is 1.56. The minimum absolute atomic E-state index is 0.0524. The lowest BCUT2D eigenvalue weighted by Crippen LogP contribution is -2.20. The smallest absolute Gasteiger partial charge is 0.270 e. The molecule has 0 fully saturated rings. The van der Waals surface area contributed by atoms with Crippen LogP contribution in [-0.4, -0.2) is 27.4 Å². The zero-order valence-electron chi connectivity index (χ0n) is 14.9. The summed E-state index contributed by atoms with van der Waals surface area (Å²) in [5.74, 6) is -0.278. The van der Waals surface area contributed by atoms with E-state index in [1.165, 1.54) is 42.2 Å². The van der Waals surface area contributed by atoms with Crippen molar-refractivity contribution in [3.05, 3.63) is 80.6 Å². The Bertz CT molecular complexity index is 1140. The number of nitrogens with one attached hydrogen (secondary N) is 1. The summed E-state index contributed by atoms with van der Waals surface area (Å²) in [4.78, 5) is 35.1. The quantitative estimate of drug-likeness (QED) is 0.298. The van der Waals surface area contributed by atoms with E-state index in [1.807, 2.05) is 24.3 Å². The van der Waals surface area contributed by atoms with Crippen LogP contribution in [0, 0.1) is 10.1 Å². The fourth-order valence-electron chi connectivity index (χ4n) is 2.57. The van der Waals surface area contributed by atoms with Crippen LogP contribution in [0.4, 0.5) is 5.69 Å². The molecule has 2 aromatic carbocycles. The molecule has 0 aliphatic heterocycles. The number of rotatable bonds is 6. The van der Waals surface area contributed by atoms with Crippen molar-refractivity contribution in [1.82, 2.24) is 9.99 Å². The lowest BCUT2D eigenvalue weighted by atomic mass is 10.2. The molecule has 0 unspecified atom stereocenters. The highest BCUT2D eigenvalue weighted by Crippen LogP contribution is 2.25. The van der Waals surface area contributed by atoms with Crippen LogP contribution in [0.2, 0.25) is 0 Å². The lowest BCUT2D eigenvalue weighted by Gasteiger charge is -2.09. The summed E-state index contributed by atoms with van der Waals surface area (Å²) in [6.07, 6.45) is 1.34. The van der Waals surface area contributed by atoms with Crippen molar-refractivity contribution in [2.24, 2.45) is 12.1 Å². The number of aryl methyl sites for hydroxylation is 1. The molecule has 0 aliphatic rings. The number of non-ortho nitro benzene ring substituents is 1. The van der Waals surface area contributed by atoms with Gasteiger partial charge in [-0.05, 0) is 6.07 Å². The number of thioether (sulfide) groups is 1. The largest absolute Gasteiger partial charge is 0.311 e. The van der Waals surface area contributed by atoms with Crippen LogP contribution in [0.3, 0.4) is 0 Å². The summed E-state index contributed by atoms with van der Waals surface area (Å²) in [6, 6.07) is 14.9. The number of hydrogen-bond acceptors (Lipinski definition) is 6. The summed E-state index contributed by atoms with van der Waals surface area (Å²) in [5.41, 5.74) is 3.47. The van der Waals surface area contributed by atoms with Gasteiger partial charge >= 0.3 is 0 Å². The Balaban J connectivity index is 1.65. The van der Waals surface area contributed by atoms with Crippen molar-refractivity contribution in [2.45, 2.75) is 4.90 Å². The number of amides is 1. The molecule has 1 N–H and O–H groups in total. The van der Waals surface area contributed by atoms with Gasteiger partial charge in [-0.15, -0.1) is 11.8 Å². The van der Waals surface area contributed by atoms with Gasteiger partial charge in [0.25, 0.3) is 11.2 Å². The average molecular weight is 396 g/mol. The monoisotopic (exact) mass is 396 g/mol. The molecule has 3 rings (SSSR count). The fraction of sp³-hybridized carbons (Fsp3) is 0.105. The van der Waals surface area contributed by atoms with Crippen LogP contribution < -0.4 is 11.0 Å². The third-order valence-electron chi connectivity index (χ3n) is 3.96. The van der Waals surface area contributed by atoms with Crippen LogP contribution >= 0.6 is 11.8 Å². The van der Waals surface area contributed by atoms with Gasteiger partial charge in [-0.3, -0.25) is 19.7 Å². The maximum absolute atomic E-state index is 12.1. The third-order valence-corrected chi connectivity index (χ3v) is 5.01.